The van der Waals surface area contributed by atoms with Crippen LogP contribution in [0.2, 0.25) is 0 Å². The molecule has 1 saturated carbocycles. The molecule has 1 aliphatic carbocycles. The quantitative estimate of drug-likeness (QED) is 0.613. The summed E-state index contributed by atoms with van der Waals surface area (Å²) >= 11 is 1.10. The first-order valence-electron chi connectivity index (χ1n) is 10.1. The summed E-state index contributed by atoms with van der Waals surface area (Å²) < 4.78 is 32.2. The van der Waals surface area contributed by atoms with Crippen LogP contribution in [0, 0.1) is 5.92 Å². The van der Waals surface area contributed by atoms with E-state index >= 15 is 0 Å². The van der Waals surface area contributed by atoms with Gasteiger partial charge in [-0.1, -0.05) is 38.1 Å². The van der Waals surface area contributed by atoms with Crippen molar-refractivity contribution in [3.63, 3.8) is 0 Å². The molecule has 0 aliphatic heterocycles. The topological polar surface area (TPSA) is 98.5 Å². The van der Waals surface area contributed by atoms with Crippen molar-refractivity contribution in [2.24, 2.45) is 13.0 Å². The molecular weight excluding hydrogens is 424 g/mol. The average molecular weight is 448 g/mol. The normalized spacial score (nSPS) is 19.0. The standard InChI is InChI=1S/C20H23F2N7OS/c1-11(2)16-23-19(31-27-16)24-18(30)15(14-8-9-20(21,22)10-14)12-4-6-13(7-5-12)17-25-28-29(3)26-17/h4-7,11,14-15H,8-10H2,1-3H3,(H,23,24,27,30). The van der Waals surface area contributed by atoms with Crippen LogP contribution in [-0.2, 0) is 11.8 Å². The van der Waals surface area contributed by atoms with E-state index in [-0.39, 0.29) is 31.1 Å². The lowest BCUT2D eigenvalue weighted by molar-refractivity contribution is -0.118. The number of aromatic nitrogens is 6. The molecular formula is C20H23F2N7OS. The smallest absolute Gasteiger partial charge is 0.248 e. The lowest BCUT2D eigenvalue weighted by Gasteiger charge is -2.23. The largest absolute Gasteiger partial charge is 0.300 e. The number of anilines is 1. The third kappa shape index (κ3) is 4.76. The van der Waals surface area contributed by atoms with Gasteiger partial charge in [0.25, 0.3) is 0 Å². The molecule has 3 aromatic rings. The molecule has 11 heteroatoms. The number of nitrogens with one attached hydrogen (secondary N) is 1. The van der Waals surface area contributed by atoms with Crippen LogP contribution in [-0.4, -0.2) is 41.4 Å². The molecule has 2 aromatic heterocycles. The van der Waals surface area contributed by atoms with Crippen LogP contribution < -0.4 is 5.32 Å². The summed E-state index contributed by atoms with van der Waals surface area (Å²) in [5.74, 6) is -3.05. The van der Waals surface area contributed by atoms with Crippen molar-refractivity contribution < 1.29 is 13.6 Å². The van der Waals surface area contributed by atoms with E-state index in [0.29, 0.717) is 22.3 Å². The summed E-state index contributed by atoms with van der Waals surface area (Å²) in [4.78, 5) is 18.9. The van der Waals surface area contributed by atoms with Crippen molar-refractivity contribution in [3.05, 3.63) is 35.7 Å². The van der Waals surface area contributed by atoms with Gasteiger partial charge in [0, 0.05) is 35.9 Å². The highest BCUT2D eigenvalue weighted by Gasteiger charge is 2.45. The molecule has 1 amide bonds. The van der Waals surface area contributed by atoms with Gasteiger partial charge >= 0.3 is 0 Å². The third-order valence-electron chi connectivity index (χ3n) is 5.42. The van der Waals surface area contributed by atoms with Gasteiger partial charge in [0.15, 0.2) is 0 Å². The number of rotatable bonds is 6. The Morgan fingerprint density at radius 3 is 2.58 bits per heavy atom. The number of alkyl halides is 2. The third-order valence-corrected chi connectivity index (χ3v) is 6.06. The minimum atomic E-state index is -2.75. The maximum atomic E-state index is 14.0. The summed E-state index contributed by atoms with van der Waals surface area (Å²) in [6.45, 7) is 3.93. The fourth-order valence-electron chi connectivity index (χ4n) is 3.85. The molecule has 8 nitrogen and oxygen atoms in total. The first-order valence-corrected chi connectivity index (χ1v) is 10.9. The van der Waals surface area contributed by atoms with E-state index in [1.807, 2.05) is 13.8 Å². The molecule has 1 N–H and O–H groups in total. The van der Waals surface area contributed by atoms with Gasteiger partial charge in [0.05, 0.1) is 13.0 Å². The Balaban J connectivity index is 1.60. The van der Waals surface area contributed by atoms with E-state index in [4.69, 9.17) is 0 Å². The summed E-state index contributed by atoms with van der Waals surface area (Å²) in [6, 6.07) is 7.10. The summed E-state index contributed by atoms with van der Waals surface area (Å²) in [7, 11) is 1.67. The molecule has 2 heterocycles. The number of hydrogen-bond donors (Lipinski definition) is 1. The molecule has 1 aliphatic rings. The second kappa shape index (κ2) is 8.37. The molecule has 2 atom stereocenters. The first-order chi connectivity index (χ1) is 14.7. The summed E-state index contributed by atoms with van der Waals surface area (Å²) in [5, 5.41) is 15.1. The van der Waals surface area contributed by atoms with Crippen LogP contribution in [0.5, 0.6) is 0 Å². The van der Waals surface area contributed by atoms with E-state index in [1.165, 1.54) is 4.80 Å². The SMILES string of the molecule is CC(C)c1nsc(NC(=O)C(c2ccc(-c3nnn(C)n3)cc2)C2CCC(F)(F)C2)n1. The molecule has 2 unspecified atom stereocenters. The van der Waals surface area contributed by atoms with Gasteiger partial charge < -0.3 is 5.32 Å². The summed E-state index contributed by atoms with van der Waals surface area (Å²) in [5.41, 5.74) is 1.40. The minimum Gasteiger partial charge on any atom is -0.300 e. The number of halogens is 2. The Labute approximate surface area is 182 Å². The number of amides is 1. The van der Waals surface area contributed by atoms with Crippen LogP contribution >= 0.6 is 11.5 Å². The van der Waals surface area contributed by atoms with Gasteiger partial charge in [0.1, 0.15) is 5.82 Å². The maximum absolute atomic E-state index is 14.0. The highest BCUT2D eigenvalue weighted by Crippen LogP contribution is 2.46. The number of benzene rings is 1. The van der Waals surface area contributed by atoms with E-state index < -0.39 is 17.8 Å². The zero-order chi connectivity index (χ0) is 22.2. The molecule has 0 bridgehead atoms. The van der Waals surface area contributed by atoms with Gasteiger partial charge in [-0.3, -0.25) is 4.79 Å². The lowest BCUT2D eigenvalue weighted by Crippen LogP contribution is -2.27. The van der Waals surface area contributed by atoms with Crippen molar-refractivity contribution >= 4 is 22.6 Å². The lowest BCUT2D eigenvalue weighted by atomic mass is 9.83. The summed E-state index contributed by atoms with van der Waals surface area (Å²) in [6.07, 6.45) is -0.239. The van der Waals surface area contributed by atoms with Crippen molar-refractivity contribution in [3.8, 4) is 11.4 Å². The Kier molecular flexibility index (Phi) is 5.78. The van der Waals surface area contributed by atoms with Crippen LogP contribution in [0.4, 0.5) is 13.9 Å². The van der Waals surface area contributed by atoms with E-state index in [1.54, 1.807) is 31.3 Å². The Morgan fingerprint density at radius 2 is 2.03 bits per heavy atom. The van der Waals surface area contributed by atoms with Crippen LogP contribution in [0.25, 0.3) is 11.4 Å². The van der Waals surface area contributed by atoms with Crippen molar-refractivity contribution in [2.45, 2.75) is 50.9 Å². The molecule has 164 valence electrons. The molecule has 1 fully saturated rings. The van der Waals surface area contributed by atoms with Crippen molar-refractivity contribution in [1.29, 1.82) is 0 Å². The number of tetrazole rings is 1. The van der Waals surface area contributed by atoms with E-state index in [2.05, 4.69) is 30.1 Å². The van der Waals surface area contributed by atoms with E-state index in [0.717, 1.165) is 17.1 Å². The molecule has 0 saturated heterocycles. The predicted octanol–water partition coefficient (Wildman–Crippen LogP) is 4.01. The Bertz CT molecular complexity index is 1060. The molecule has 0 spiro atoms. The average Bonchev–Trinajstić information content (AvgIpc) is 3.43. The van der Waals surface area contributed by atoms with Crippen molar-refractivity contribution in [1.82, 2.24) is 29.6 Å². The molecule has 0 radical (unpaired) electrons. The fourth-order valence-corrected chi connectivity index (χ4v) is 4.56. The van der Waals surface area contributed by atoms with Crippen LogP contribution in [0.1, 0.15) is 56.3 Å². The first kappa shape index (κ1) is 21.4. The highest BCUT2D eigenvalue weighted by molar-refractivity contribution is 7.09. The maximum Gasteiger partial charge on any atom is 0.248 e. The van der Waals surface area contributed by atoms with Crippen LogP contribution in [0.15, 0.2) is 24.3 Å². The van der Waals surface area contributed by atoms with Gasteiger partial charge in [-0.15, -0.1) is 10.2 Å². The molecule has 1 aromatic carbocycles. The van der Waals surface area contributed by atoms with Crippen LogP contribution in [0.3, 0.4) is 0 Å². The van der Waals surface area contributed by atoms with Gasteiger partial charge in [-0.2, -0.15) is 9.17 Å². The van der Waals surface area contributed by atoms with Gasteiger partial charge in [-0.05, 0) is 23.1 Å². The number of hydrogen-bond acceptors (Lipinski definition) is 7. The molecule has 31 heavy (non-hydrogen) atoms. The predicted molar refractivity (Wildman–Crippen MR) is 112 cm³/mol. The number of carbonyl (C=O) groups is 1. The van der Waals surface area contributed by atoms with Gasteiger partial charge in [0.2, 0.25) is 22.8 Å². The number of carbonyl (C=O) groups excluding carboxylic acids is 1. The zero-order valence-electron chi connectivity index (χ0n) is 17.4. The fraction of sp³-hybridized carbons (Fsp3) is 0.500. The zero-order valence-corrected chi connectivity index (χ0v) is 18.2. The monoisotopic (exact) mass is 447 g/mol. The Hall–Kier alpha value is -2.82. The minimum absolute atomic E-state index is 0.133. The highest BCUT2D eigenvalue weighted by atomic mass is 32.1. The van der Waals surface area contributed by atoms with E-state index in [9.17, 15) is 13.6 Å². The molecule has 4 rings (SSSR count). The van der Waals surface area contributed by atoms with Gasteiger partial charge in [-0.25, -0.2) is 13.8 Å². The number of nitrogens with zero attached hydrogens (tertiary/aromatic N) is 6. The number of aryl methyl sites for hydroxylation is 1. The second-order valence-corrected chi connectivity index (χ2v) is 8.91. The van der Waals surface area contributed by atoms with Crippen molar-refractivity contribution in [2.75, 3.05) is 5.32 Å². The second-order valence-electron chi connectivity index (χ2n) is 8.16. The Morgan fingerprint density at radius 1 is 1.29 bits per heavy atom.